The zero-order chi connectivity index (χ0) is 14.3. The first kappa shape index (κ1) is 14.2. The quantitative estimate of drug-likeness (QED) is 0.919. The fourth-order valence-corrected chi connectivity index (χ4v) is 3.48. The Morgan fingerprint density at radius 3 is 2.70 bits per heavy atom. The fraction of sp³-hybridized carbons (Fsp3) is 0.533. The van der Waals surface area contributed by atoms with Crippen LogP contribution in [0.3, 0.4) is 0 Å². The van der Waals surface area contributed by atoms with Gasteiger partial charge in [0.2, 0.25) is 0 Å². The number of carbonyl (C=O) groups is 1. The maximum Gasteiger partial charge on any atom is 0.312 e. The van der Waals surface area contributed by atoms with E-state index in [1.165, 1.54) is 0 Å². The van der Waals surface area contributed by atoms with E-state index in [0.29, 0.717) is 35.4 Å². The summed E-state index contributed by atoms with van der Waals surface area (Å²) in [4.78, 5) is 11.9. The van der Waals surface area contributed by atoms with Crippen LogP contribution in [-0.2, 0) is 16.0 Å². The van der Waals surface area contributed by atoms with Crippen molar-refractivity contribution in [1.29, 1.82) is 0 Å². The van der Waals surface area contributed by atoms with Crippen LogP contribution in [0.2, 0.25) is 10.0 Å². The monoisotopic (exact) mass is 314 g/mol. The minimum absolute atomic E-state index is 0.172. The van der Waals surface area contributed by atoms with Gasteiger partial charge in [-0.05, 0) is 49.3 Å². The molecule has 1 aliphatic carbocycles. The molecule has 2 atom stereocenters. The van der Waals surface area contributed by atoms with Gasteiger partial charge in [0, 0.05) is 6.61 Å². The minimum Gasteiger partial charge on any atom is -0.481 e. The number of ether oxygens (including phenoxy) is 1. The van der Waals surface area contributed by atoms with Crippen LogP contribution < -0.4 is 0 Å². The third kappa shape index (κ3) is 2.43. The molecular weight excluding hydrogens is 299 g/mol. The van der Waals surface area contributed by atoms with Gasteiger partial charge >= 0.3 is 5.97 Å². The van der Waals surface area contributed by atoms with E-state index in [4.69, 9.17) is 27.9 Å². The van der Waals surface area contributed by atoms with Crippen LogP contribution in [0, 0.1) is 11.3 Å². The molecule has 0 radical (unpaired) electrons. The van der Waals surface area contributed by atoms with E-state index in [1.54, 1.807) is 12.1 Å². The van der Waals surface area contributed by atoms with Crippen molar-refractivity contribution in [1.82, 2.24) is 0 Å². The van der Waals surface area contributed by atoms with Crippen molar-refractivity contribution in [3.05, 3.63) is 33.8 Å². The van der Waals surface area contributed by atoms with Gasteiger partial charge in [0.1, 0.15) is 5.41 Å². The van der Waals surface area contributed by atoms with Crippen molar-refractivity contribution < 1.29 is 14.6 Å². The first-order valence-corrected chi connectivity index (χ1v) is 7.57. The average molecular weight is 315 g/mol. The summed E-state index contributed by atoms with van der Waals surface area (Å²) in [5.74, 6) is -0.366. The lowest BCUT2D eigenvalue weighted by molar-refractivity contribution is -0.153. The second-order valence-electron chi connectivity index (χ2n) is 5.77. The SMILES string of the molecule is O=C(O)C1(Cc2ccc(Cl)c(Cl)c2)CCOC1C1CC1. The number of hydrogen-bond donors (Lipinski definition) is 1. The minimum atomic E-state index is -0.821. The number of aliphatic carboxylic acids is 1. The van der Waals surface area contributed by atoms with Crippen molar-refractivity contribution >= 4 is 29.2 Å². The van der Waals surface area contributed by atoms with Gasteiger partial charge in [-0.25, -0.2) is 0 Å². The van der Waals surface area contributed by atoms with Crippen LogP contribution in [0.25, 0.3) is 0 Å². The molecule has 3 nitrogen and oxygen atoms in total. The zero-order valence-corrected chi connectivity index (χ0v) is 12.5. The molecule has 0 spiro atoms. The summed E-state index contributed by atoms with van der Waals surface area (Å²) in [6, 6.07) is 5.33. The molecule has 2 unspecified atom stereocenters. The Kier molecular flexibility index (Phi) is 3.69. The van der Waals surface area contributed by atoms with Crippen molar-refractivity contribution in [3.63, 3.8) is 0 Å². The predicted molar refractivity (Wildman–Crippen MR) is 77.3 cm³/mol. The van der Waals surface area contributed by atoms with Crippen LogP contribution in [0.15, 0.2) is 18.2 Å². The van der Waals surface area contributed by atoms with Gasteiger partial charge in [-0.15, -0.1) is 0 Å². The Morgan fingerprint density at radius 1 is 1.35 bits per heavy atom. The van der Waals surface area contributed by atoms with Crippen LogP contribution in [-0.4, -0.2) is 23.8 Å². The lowest BCUT2D eigenvalue weighted by Gasteiger charge is -2.30. The van der Waals surface area contributed by atoms with Crippen molar-refractivity contribution in [2.75, 3.05) is 6.61 Å². The van der Waals surface area contributed by atoms with E-state index in [0.717, 1.165) is 18.4 Å². The highest BCUT2D eigenvalue weighted by atomic mass is 35.5. The van der Waals surface area contributed by atoms with E-state index >= 15 is 0 Å². The summed E-state index contributed by atoms with van der Waals surface area (Å²) in [6.07, 6.45) is 2.97. The number of hydrogen-bond acceptors (Lipinski definition) is 2. The maximum absolute atomic E-state index is 11.9. The van der Waals surface area contributed by atoms with Crippen molar-refractivity contribution in [3.8, 4) is 0 Å². The van der Waals surface area contributed by atoms with Gasteiger partial charge in [0.25, 0.3) is 0 Å². The molecular formula is C15H16Cl2O3. The van der Waals surface area contributed by atoms with Gasteiger partial charge in [-0.1, -0.05) is 29.3 Å². The molecule has 20 heavy (non-hydrogen) atoms. The second kappa shape index (κ2) is 5.21. The molecule has 1 aliphatic heterocycles. The molecule has 0 aromatic heterocycles. The molecule has 1 saturated heterocycles. The smallest absolute Gasteiger partial charge is 0.312 e. The molecule has 5 heteroatoms. The Labute approximate surface area is 127 Å². The number of rotatable bonds is 4. The van der Waals surface area contributed by atoms with Crippen molar-refractivity contribution in [2.24, 2.45) is 11.3 Å². The molecule has 0 bridgehead atoms. The summed E-state index contributed by atoms with van der Waals surface area (Å²) in [5, 5.41) is 10.7. The Bertz CT molecular complexity index is 542. The zero-order valence-electron chi connectivity index (χ0n) is 10.9. The van der Waals surface area contributed by atoms with Gasteiger partial charge in [-0.3, -0.25) is 4.79 Å². The lowest BCUT2D eigenvalue weighted by atomic mass is 9.74. The average Bonchev–Trinajstić information content (AvgIpc) is 3.15. The van der Waals surface area contributed by atoms with E-state index < -0.39 is 11.4 Å². The summed E-state index contributed by atoms with van der Waals surface area (Å²) in [7, 11) is 0. The highest BCUT2D eigenvalue weighted by Gasteiger charge is 2.55. The number of carboxylic acid groups (broad SMARTS) is 1. The fourth-order valence-electron chi connectivity index (χ4n) is 3.16. The molecule has 1 heterocycles. The third-order valence-corrected chi connectivity index (χ3v) is 5.11. The molecule has 2 aliphatic rings. The van der Waals surface area contributed by atoms with Crippen LogP contribution in [0.4, 0.5) is 0 Å². The van der Waals surface area contributed by atoms with Crippen molar-refractivity contribution in [2.45, 2.75) is 31.8 Å². The van der Waals surface area contributed by atoms with E-state index in [2.05, 4.69) is 0 Å². The number of benzene rings is 1. The second-order valence-corrected chi connectivity index (χ2v) is 6.58. The Morgan fingerprint density at radius 2 is 2.10 bits per heavy atom. The molecule has 1 saturated carbocycles. The summed E-state index contributed by atoms with van der Waals surface area (Å²) < 4.78 is 5.74. The molecule has 1 N–H and O–H groups in total. The highest BCUT2D eigenvalue weighted by Crippen LogP contribution is 2.49. The molecule has 1 aromatic rings. The van der Waals surface area contributed by atoms with E-state index in [1.807, 2.05) is 6.07 Å². The van der Waals surface area contributed by atoms with Crippen LogP contribution >= 0.6 is 23.2 Å². The Hall–Kier alpha value is -0.770. The molecule has 108 valence electrons. The maximum atomic E-state index is 11.9. The standard InChI is InChI=1S/C15H16Cl2O3/c16-11-4-1-9(7-12(11)17)8-15(14(18)19)5-6-20-13(15)10-2-3-10/h1,4,7,10,13H,2-3,5-6,8H2,(H,18,19). The summed E-state index contributed by atoms with van der Waals surface area (Å²) in [6.45, 7) is 0.523. The lowest BCUT2D eigenvalue weighted by Crippen LogP contribution is -2.42. The summed E-state index contributed by atoms with van der Waals surface area (Å²) >= 11 is 11.9. The van der Waals surface area contributed by atoms with Gasteiger partial charge in [-0.2, -0.15) is 0 Å². The van der Waals surface area contributed by atoms with Gasteiger partial charge in [0.15, 0.2) is 0 Å². The Balaban J connectivity index is 1.90. The number of halogens is 2. The van der Waals surface area contributed by atoms with Gasteiger partial charge < -0.3 is 9.84 Å². The molecule has 3 rings (SSSR count). The first-order chi connectivity index (χ1) is 9.53. The molecule has 2 fully saturated rings. The largest absolute Gasteiger partial charge is 0.481 e. The van der Waals surface area contributed by atoms with Gasteiger partial charge in [0.05, 0.1) is 16.1 Å². The van der Waals surface area contributed by atoms with E-state index in [9.17, 15) is 9.90 Å². The van der Waals surface area contributed by atoms with Crippen LogP contribution in [0.5, 0.6) is 0 Å². The molecule has 0 amide bonds. The molecule has 1 aromatic carbocycles. The van der Waals surface area contributed by atoms with Crippen LogP contribution in [0.1, 0.15) is 24.8 Å². The van der Waals surface area contributed by atoms with E-state index in [-0.39, 0.29) is 6.10 Å². The first-order valence-electron chi connectivity index (χ1n) is 6.82. The third-order valence-electron chi connectivity index (χ3n) is 4.37. The highest BCUT2D eigenvalue weighted by molar-refractivity contribution is 6.42. The summed E-state index contributed by atoms with van der Waals surface area (Å²) in [5.41, 5.74) is 0.0798. The normalized spacial score (nSPS) is 29.6. The topological polar surface area (TPSA) is 46.5 Å². The number of carboxylic acids is 1. The predicted octanol–water partition coefficient (Wildman–Crippen LogP) is 3.81.